The van der Waals surface area contributed by atoms with Gasteiger partial charge in [-0.25, -0.2) is 18.0 Å². The third-order valence-corrected chi connectivity index (χ3v) is 10.8. The van der Waals surface area contributed by atoms with Gasteiger partial charge in [-0.2, -0.15) is 26.3 Å². The third kappa shape index (κ3) is 7.52. The molecular formula is C35H34F9N3O3S. The van der Waals surface area contributed by atoms with Crippen LogP contribution in [-0.4, -0.2) is 78.3 Å². The van der Waals surface area contributed by atoms with Gasteiger partial charge >= 0.3 is 18.4 Å². The van der Waals surface area contributed by atoms with Crippen LogP contribution in [0.1, 0.15) is 42.5 Å². The van der Waals surface area contributed by atoms with Gasteiger partial charge in [-0.1, -0.05) is 37.3 Å². The summed E-state index contributed by atoms with van der Waals surface area (Å²) in [4.78, 5) is 30.7. The van der Waals surface area contributed by atoms with Crippen molar-refractivity contribution in [2.75, 3.05) is 39.3 Å². The number of piperazine rings is 1. The second-order valence-electron chi connectivity index (χ2n) is 12.4. The summed E-state index contributed by atoms with van der Waals surface area (Å²) < 4.78 is 134. The Labute approximate surface area is 292 Å². The molecule has 0 aromatic heterocycles. The summed E-state index contributed by atoms with van der Waals surface area (Å²) in [6.45, 7) is 2.90. The minimum absolute atomic E-state index is 0.00828. The van der Waals surface area contributed by atoms with Crippen LogP contribution in [0.3, 0.4) is 0 Å². The number of thioether (sulfide) groups is 1. The second-order valence-corrected chi connectivity index (χ2v) is 13.9. The highest BCUT2D eigenvalue weighted by atomic mass is 32.2. The molecule has 3 aromatic rings. The van der Waals surface area contributed by atoms with Crippen LogP contribution in [0.2, 0.25) is 0 Å². The normalized spacial score (nSPS) is 18.8. The fourth-order valence-electron chi connectivity index (χ4n) is 6.44. The molecule has 2 fully saturated rings. The number of carbonyl (C=O) groups excluding carboxylic acids is 2. The van der Waals surface area contributed by atoms with Crippen LogP contribution < -0.4 is 0 Å². The molecule has 0 aliphatic carbocycles. The number of hydrogen-bond donors (Lipinski definition) is 0. The number of likely N-dealkylation sites (tertiary alicyclic amines) is 1. The Hall–Kier alpha value is -3.92. The maximum Gasteiger partial charge on any atom is 0.430 e. The van der Waals surface area contributed by atoms with Crippen LogP contribution in [0.4, 0.5) is 44.3 Å². The van der Waals surface area contributed by atoms with E-state index in [1.54, 1.807) is 22.8 Å². The highest BCUT2D eigenvalue weighted by Crippen LogP contribution is 2.55. The van der Waals surface area contributed by atoms with Crippen LogP contribution in [0, 0.1) is 17.5 Å². The predicted octanol–water partition coefficient (Wildman–Crippen LogP) is 8.18. The Balaban J connectivity index is 1.51. The van der Waals surface area contributed by atoms with E-state index in [2.05, 4.69) is 4.74 Å². The summed E-state index contributed by atoms with van der Waals surface area (Å²) in [7, 11) is 0. The largest absolute Gasteiger partial charge is 0.430 e. The summed E-state index contributed by atoms with van der Waals surface area (Å²) >= 11 is 1.21. The van der Waals surface area contributed by atoms with Crippen molar-refractivity contribution in [1.82, 2.24) is 14.7 Å². The van der Waals surface area contributed by atoms with Crippen LogP contribution in [-0.2, 0) is 32.9 Å². The lowest BCUT2D eigenvalue weighted by atomic mass is 9.88. The van der Waals surface area contributed by atoms with Gasteiger partial charge in [-0.05, 0) is 54.3 Å². The Bertz CT molecular complexity index is 1710. The van der Waals surface area contributed by atoms with Crippen LogP contribution in [0.25, 0.3) is 0 Å². The number of benzene rings is 3. The molecule has 2 heterocycles. The molecule has 0 N–H and O–H groups in total. The van der Waals surface area contributed by atoms with E-state index in [0.717, 1.165) is 18.2 Å². The molecule has 3 aromatic carbocycles. The Morgan fingerprint density at radius 2 is 1.37 bits per heavy atom. The summed E-state index contributed by atoms with van der Waals surface area (Å²) in [5.74, 6) is -3.33. The number of rotatable bonds is 8. The number of urea groups is 1. The first-order chi connectivity index (χ1) is 23.9. The average molecular weight is 748 g/mol. The molecule has 3 amide bonds. The molecule has 276 valence electrons. The first-order valence-corrected chi connectivity index (χ1v) is 16.8. The van der Waals surface area contributed by atoms with E-state index in [4.69, 9.17) is 0 Å². The average Bonchev–Trinajstić information content (AvgIpc) is 3.50. The minimum atomic E-state index is -6.12. The van der Waals surface area contributed by atoms with Crippen molar-refractivity contribution >= 4 is 23.7 Å². The molecule has 5 rings (SSSR count). The van der Waals surface area contributed by atoms with Crippen LogP contribution in [0.5, 0.6) is 0 Å². The number of halogens is 9. The van der Waals surface area contributed by atoms with Crippen molar-refractivity contribution in [3.63, 3.8) is 0 Å². The topological polar surface area (TPSA) is 53.1 Å². The van der Waals surface area contributed by atoms with Gasteiger partial charge in [0, 0.05) is 62.2 Å². The van der Waals surface area contributed by atoms with Crippen molar-refractivity contribution < 1.29 is 53.8 Å². The fourth-order valence-corrected chi connectivity index (χ4v) is 7.90. The quantitative estimate of drug-likeness (QED) is 0.218. The van der Waals surface area contributed by atoms with Crippen molar-refractivity contribution in [2.45, 2.75) is 60.9 Å². The molecule has 0 spiro atoms. The van der Waals surface area contributed by atoms with Gasteiger partial charge in [0.2, 0.25) is 5.91 Å². The highest BCUT2D eigenvalue weighted by Gasteiger charge is 2.73. The number of nitrogens with zero attached hydrogens (tertiary/aromatic N) is 3. The van der Waals surface area contributed by atoms with Gasteiger partial charge in [0.1, 0.15) is 17.5 Å². The van der Waals surface area contributed by atoms with E-state index in [0.29, 0.717) is 54.2 Å². The lowest BCUT2D eigenvalue weighted by molar-refractivity contribution is -0.392. The summed E-state index contributed by atoms with van der Waals surface area (Å²) in [6, 6.07) is 9.72. The molecule has 16 heteroatoms. The molecule has 0 radical (unpaired) electrons. The van der Waals surface area contributed by atoms with Gasteiger partial charge < -0.3 is 19.4 Å². The predicted molar refractivity (Wildman–Crippen MR) is 170 cm³/mol. The van der Waals surface area contributed by atoms with Crippen molar-refractivity contribution in [1.29, 1.82) is 0 Å². The zero-order chi connectivity index (χ0) is 37.4. The van der Waals surface area contributed by atoms with Crippen molar-refractivity contribution in [2.24, 2.45) is 0 Å². The minimum Gasteiger partial charge on any atom is -0.349 e. The highest BCUT2D eigenvalue weighted by molar-refractivity contribution is 8.00. The zero-order valence-electron chi connectivity index (χ0n) is 27.5. The first-order valence-electron chi connectivity index (χ1n) is 16.0. The SMILES string of the molecule is CCc1cc(SC2(c3ccc(C(OCc4c(F)cccc4F)(C(F)(F)F)C(F)(F)F)cc3)CCN(C(=O)N3CCN(C(C)=O)CC3)C2)ccc1F. The van der Waals surface area contributed by atoms with E-state index in [1.807, 2.05) is 0 Å². The van der Waals surface area contributed by atoms with Crippen molar-refractivity contribution in [3.8, 4) is 0 Å². The third-order valence-electron chi connectivity index (χ3n) is 9.32. The Morgan fingerprint density at radius 1 is 0.784 bits per heavy atom. The lowest BCUT2D eigenvalue weighted by Crippen LogP contribution is -2.56. The number of carbonyl (C=O) groups is 2. The van der Waals surface area contributed by atoms with Crippen molar-refractivity contribution in [3.05, 3.63) is 100 Å². The standard InChI is InChI=1S/C35H34F9N3O3S/c1-3-23-19-26(11-12-28(23)36)51-32(13-14-47(21-32)31(49)46-17-15-45(16-18-46)22(2)48)24-7-9-25(10-8-24)33(34(39,40)41,35(42,43)44)50-20-27-29(37)5-4-6-30(27)38/h4-12,19H,3,13-18,20-21H2,1-2H3. The first kappa shape index (κ1) is 38.3. The van der Waals surface area contributed by atoms with E-state index in [9.17, 15) is 49.1 Å². The molecule has 0 bridgehead atoms. The summed E-state index contributed by atoms with van der Waals surface area (Å²) in [5.41, 5.74) is -6.75. The molecule has 2 saturated heterocycles. The van der Waals surface area contributed by atoms with E-state index in [-0.39, 0.29) is 50.1 Å². The molecule has 2 aliphatic rings. The Kier molecular flexibility index (Phi) is 11.0. The smallest absolute Gasteiger partial charge is 0.349 e. The number of ether oxygens (including phenoxy) is 1. The van der Waals surface area contributed by atoms with E-state index < -0.39 is 57.9 Å². The molecule has 51 heavy (non-hydrogen) atoms. The summed E-state index contributed by atoms with van der Waals surface area (Å²) in [5, 5.41) is 0. The fraction of sp³-hybridized carbons (Fsp3) is 0.429. The number of hydrogen-bond acceptors (Lipinski definition) is 4. The van der Waals surface area contributed by atoms with Gasteiger partial charge in [0.05, 0.1) is 11.4 Å². The Morgan fingerprint density at radius 3 is 1.92 bits per heavy atom. The number of amides is 3. The molecule has 1 unspecified atom stereocenters. The lowest BCUT2D eigenvalue weighted by Gasteiger charge is -2.38. The number of alkyl halides is 6. The molecule has 1 atom stereocenters. The van der Waals surface area contributed by atoms with Crippen LogP contribution >= 0.6 is 11.8 Å². The maximum atomic E-state index is 14.6. The molecule has 0 saturated carbocycles. The van der Waals surface area contributed by atoms with Gasteiger partial charge in [0.25, 0.3) is 5.60 Å². The maximum absolute atomic E-state index is 14.6. The summed E-state index contributed by atoms with van der Waals surface area (Å²) in [6.07, 6.45) is -11.6. The van der Waals surface area contributed by atoms with Crippen LogP contribution in [0.15, 0.2) is 65.6 Å². The van der Waals surface area contributed by atoms with Gasteiger partial charge in [-0.15, -0.1) is 11.8 Å². The zero-order valence-corrected chi connectivity index (χ0v) is 28.3. The van der Waals surface area contributed by atoms with Gasteiger partial charge in [-0.3, -0.25) is 4.79 Å². The number of aryl methyl sites for hydroxylation is 1. The molecular weight excluding hydrogens is 713 g/mol. The second kappa shape index (κ2) is 14.6. The molecule has 2 aliphatic heterocycles. The molecule has 6 nitrogen and oxygen atoms in total. The van der Waals surface area contributed by atoms with E-state index in [1.165, 1.54) is 35.7 Å². The van der Waals surface area contributed by atoms with E-state index >= 15 is 0 Å². The monoisotopic (exact) mass is 747 g/mol. The van der Waals surface area contributed by atoms with Gasteiger partial charge in [0.15, 0.2) is 0 Å².